The highest BCUT2D eigenvalue weighted by Gasteiger charge is 2.32. The molecule has 28 heavy (non-hydrogen) atoms. The van der Waals surface area contributed by atoms with Gasteiger partial charge in [-0.05, 0) is 19.3 Å². The molecule has 1 saturated carbocycles. The highest BCUT2D eigenvalue weighted by molar-refractivity contribution is 14.0. The predicted molar refractivity (Wildman–Crippen MR) is 127 cm³/mol. The van der Waals surface area contributed by atoms with Gasteiger partial charge in [0.15, 0.2) is 5.96 Å². The second-order valence-electron chi connectivity index (χ2n) is 8.70. The van der Waals surface area contributed by atoms with Crippen molar-refractivity contribution in [1.82, 2.24) is 20.5 Å². The number of rotatable bonds is 4. The van der Waals surface area contributed by atoms with Crippen LogP contribution in [0.2, 0.25) is 0 Å². The zero-order chi connectivity index (χ0) is 19.4. The molecule has 0 aromatic carbocycles. The molecule has 2 fully saturated rings. The number of guanidine groups is 1. The van der Waals surface area contributed by atoms with Crippen LogP contribution in [-0.4, -0.2) is 47.9 Å². The molecule has 1 aliphatic carbocycles. The zero-order valence-electron chi connectivity index (χ0n) is 17.5. The first kappa shape index (κ1) is 23.4. The highest BCUT2D eigenvalue weighted by atomic mass is 127. The van der Waals surface area contributed by atoms with Crippen molar-refractivity contribution in [3.05, 3.63) is 16.1 Å². The molecule has 3 rings (SSSR count). The van der Waals surface area contributed by atoms with E-state index in [1.807, 2.05) is 4.90 Å². The van der Waals surface area contributed by atoms with Crippen LogP contribution >= 0.6 is 35.3 Å². The van der Waals surface area contributed by atoms with Crippen molar-refractivity contribution in [2.24, 2.45) is 10.9 Å². The van der Waals surface area contributed by atoms with Crippen molar-refractivity contribution < 1.29 is 4.79 Å². The number of carbonyl (C=O) groups is 1. The molecule has 1 aromatic heterocycles. The number of nitrogens with zero attached hydrogens (tertiary/aromatic N) is 3. The molecule has 0 spiro atoms. The fourth-order valence-electron chi connectivity index (χ4n) is 3.79. The van der Waals surface area contributed by atoms with Crippen LogP contribution < -0.4 is 10.6 Å². The lowest BCUT2D eigenvalue weighted by Gasteiger charge is -2.21. The van der Waals surface area contributed by atoms with Crippen LogP contribution in [0.5, 0.6) is 0 Å². The van der Waals surface area contributed by atoms with E-state index in [-0.39, 0.29) is 41.4 Å². The van der Waals surface area contributed by atoms with Gasteiger partial charge < -0.3 is 15.5 Å². The van der Waals surface area contributed by atoms with Crippen LogP contribution in [0, 0.1) is 5.92 Å². The third kappa shape index (κ3) is 6.05. The van der Waals surface area contributed by atoms with Gasteiger partial charge in [-0.2, -0.15) is 0 Å². The van der Waals surface area contributed by atoms with Crippen molar-refractivity contribution in [1.29, 1.82) is 0 Å². The topological polar surface area (TPSA) is 69.6 Å². The third-order valence-corrected chi connectivity index (χ3v) is 6.34. The van der Waals surface area contributed by atoms with E-state index in [0.717, 1.165) is 49.0 Å². The van der Waals surface area contributed by atoms with Crippen LogP contribution in [0.25, 0.3) is 0 Å². The summed E-state index contributed by atoms with van der Waals surface area (Å²) in [5, 5.41) is 10.0. The Morgan fingerprint density at radius 3 is 2.64 bits per heavy atom. The summed E-state index contributed by atoms with van der Waals surface area (Å²) in [6, 6.07) is 0.267. The molecule has 0 radical (unpaired) electrons. The van der Waals surface area contributed by atoms with E-state index in [1.165, 1.54) is 12.8 Å². The number of amides is 1. The summed E-state index contributed by atoms with van der Waals surface area (Å²) < 4.78 is 0. The Hall–Kier alpha value is -0.900. The minimum atomic E-state index is 0. The van der Waals surface area contributed by atoms with E-state index in [0.29, 0.717) is 12.5 Å². The molecule has 1 aliphatic heterocycles. The lowest BCUT2D eigenvalue weighted by molar-refractivity contribution is -0.134. The summed E-state index contributed by atoms with van der Waals surface area (Å²) in [6.07, 6.45) is 5.53. The van der Waals surface area contributed by atoms with Crippen molar-refractivity contribution in [2.75, 3.05) is 20.1 Å². The molecule has 2 aliphatic rings. The Kier molecular flexibility index (Phi) is 8.54. The fraction of sp³-hybridized carbons (Fsp3) is 0.750. The smallest absolute Gasteiger partial charge is 0.225 e. The molecule has 0 bridgehead atoms. The first-order chi connectivity index (χ1) is 12.9. The normalized spacial score (nSPS) is 20.9. The Morgan fingerprint density at radius 1 is 1.32 bits per heavy atom. The molecular weight excluding hydrogens is 485 g/mol. The summed E-state index contributed by atoms with van der Waals surface area (Å²) in [6.45, 7) is 8.83. The van der Waals surface area contributed by atoms with E-state index in [9.17, 15) is 4.79 Å². The van der Waals surface area contributed by atoms with E-state index < -0.39 is 0 Å². The third-order valence-electron chi connectivity index (χ3n) is 5.50. The first-order valence-electron chi connectivity index (χ1n) is 10.1. The number of hydrogen-bond donors (Lipinski definition) is 2. The van der Waals surface area contributed by atoms with Gasteiger partial charge in [-0.3, -0.25) is 9.79 Å². The number of aromatic nitrogens is 1. The zero-order valence-corrected chi connectivity index (χ0v) is 20.6. The molecule has 1 amide bonds. The Bertz CT molecular complexity index is 678. The lowest BCUT2D eigenvalue weighted by atomic mass is 9.93. The molecule has 6 nitrogen and oxygen atoms in total. The maximum absolute atomic E-state index is 12.6. The molecule has 1 saturated heterocycles. The summed E-state index contributed by atoms with van der Waals surface area (Å²) in [7, 11) is 1.79. The number of halogens is 1. The number of thiazole rings is 1. The van der Waals surface area contributed by atoms with Crippen molar-refractivity contribution in [2.45, 2.75) is 70.9 Å². The minimum absolute atomic E-state index is 0. The predicted octanol–water partition coefficient (Wildman–Crippen LogP) is 3.51. The van der Waals surface area contributed by atoms with Gasteiger partial charge >= 0.3 is 0 Å². The summed E-state index contributed by atoms with van der Waals surface area (Å²) in [5.74, 6) is 1.41. The van der Waals surface area contributed by atoms with Crippen molar-refractivity contribution in [3.8, 4) is 0 Å². The van der Waals surface area contributed by atoms with Gasteiger partial charge in [0.1, 0.15) is 5.01 Å². The van der Waals surface area contributed by atoms with Crippen molar-refractivity contribution in [3.63, 3.8) is 0 Å². The summed E-state index contributed by atoms with van der Waals surface area (Å²) >= 11 is 1.68. The van der Waals surface area contributed by atoms with Gasteiger partial charge in [0.25, 0.3) is 0 Å². The monoisotopic (exact) mass is 519 g/mol. The number of carbonyl (C=O) groups excluding carboxylic acids is 1. The van der Waals surface area contributed by atoms with Gasteiger partial charge in [-0.25, -0.2) is 4.98 Å². The van der Waals surface area contributed by atoms with Gasteiger partial charge in [0.2, 0.25) is 5.91 Å². The van der Waals surface area contributed by atoms with E-state index >= 15 is 0 Å². The first-order valence-corrected chi connectivity index (χ1v) is 11.0. The van der Waals surface area contributed by atoms with Gasteiger partial charge in [0.05, 0.1) is 12.2 Å². The van der Waals surface area contributed by atoms with Gasteiger partial charge in [-0.15, -0.1) is 35.3 Å². The van der Waals surface area contributed by atoms with Crippen LogP contribution in [0.1, 0.15) is 63.6 Å². The number of nitrogens with one attached hydrogen (secondary N) is 2. The quantitative estimate of drug-likeness (QED) is 0.363. The molecule has 8 heteroatoms. The van der Waals surface area contributed by atoms with Crippen LogP contribution in [0.15, 0.2) is 10.4 Å². The molecule has 1 atom stereocenters. The molecule has 2 heterocycles. The number of likely N-dealkylation sites (tertiary alicyclic amines) is 1. The molecule has 1 aromatic rings. The standard InChI is InChI=1S/C20H33N5OS.HI/c1-20(2,3)16-13-27-17(24-16)11-22-19(21-4)23-15-9-10-25(12-15)18(26)14-7-5-6-8-14;/h13-15H,5-12H2,1-4H3,(H2,21,22,23);1H. The molecule has 2 N–H and O–H groups in total. The van der Waals surface area contributed by atoms with E-state index in [4.69, 9.17) is 4.98 Å². The molecule has 1 unspecified atom stereocenters. The Labute approximate surface area is 190 Å². The number of aliphatic imine (C=N–C) groups is 1. The maximum Gasteiger partial charge on any atom is 0.225 e. The largest absolute Gasteiger partial charge is 0.352 e. The minimum Gasteiger partial charge on any atom is -0.352 e. The number of hydrogen-bond acceptors (Lipinski definition) is 4. The maximum atomic E-state index is 12.6. The average Bonchev–Trinajstić information content (AvgIpc) is 3.39. The lowest BCUT2D eigenvalue weighted by Crippen LogP contribution is -2.45. The van der Waals surface area contributed by atoms with E-state index in [1.54, 1.807) is 18.4 Å². The fourth-order valence-corrected chi connectivity index (χ4v) is 4.75. The SMILES string of the molecule is CN=C(NCc1nc(C(C)(C)C)cs1)NC1CCN(C(=O)C2CCCC2)C1.I. The van der Waals surface area contributed by atoms with Crippen LogP contribution in [0.3, 0.4) is 0 Å². The Morgan fingerprint density at radius 2 is 2.04 bits per heavy atom. The Balaban J connectivity index is 0.00000280. The second-order valence-corrected chi connectivity index (χ2v) is 9.64. The average molecular weight is 519 g/mol. The summed E-state index contributed by atoms with van der Waals surface area (Å²) in [4.78, 5) is 23.7. The van der Waals surface area contributed by atoms with E-state index in [2.05, 4.69) is 41.8 Å². The molecular formula is C20H34IN5OS. The van der Waals surface area contributed by atoms with Crippen LogP contribution in [0.4, 0.5) is 0 Å². The van der Waals surface area contributed by atoms with Crippen molar-refractivity contribution >= 4 is 47.2 Å². The van der Waals surface area contributed by atoms with Gasteiger partial charge in [0, 0.05) is 42.9 Å². The van der Waals surface area contributed by atoms with Gasteiger partial charge in [-0.1, -0.05) is 33.6 Å². The highest BCUT2D eigenvalue weighted by Crippen LogP contribution is 2.28. The summed E-state index contributed by atoms with van der Waals surface area (Å²) in [5.41, 5.74) is 1.21. The molecule has 158 valence electrons. The van der Waals surface area contributed by atoms with Crippen LogP contribution in [-0.2, 0) is 16.8 Å². The second kappa shape index (κ2) is 10.2.